The number of amides is 1. The smallest absolute Gasteiger partial charge is 0.287 e. The van der Waals surface area contributed by atoms with Crippen LogP contribution in [-0.4, -0.2) is 22.7 Å². The van der Waals surface area contributed by atoms with Gasteiger partial charge in [0.2, 0.25) is 0 Å². The van der Waals surface area contributed by atoms with Crippen LogP contribution in [0.3, 0.4) is 0 Å². The van der Waals surface area contributed by atoms with Crippen LogP contribution >= 0.6 is 15.9 Å². The summed E-state index contributed by atoms with van der Waals surface area (Å²) in [7, 11) is 0. The zero-order valence-electron chi connectivity index (χ0n) is 13.0. The fraction of sp³-hybridized carbons (Fsp3) is 0.167. The van der Waals surface area contributed by atoms with Crippen molar-refractivity contribution in [2.45, 2.75) is 13.3 Å². The number of phenols is 2. The van der Waals surface area contributed by atoms with E-state index in [9.17, 15) is 15.0 Å². The zero-order valence-corrected chi connectivity index (χ0v) is 14.6. The largest absolute Gasteiger partial charge is 0.504 e. The van der Waals surface area contributed by atoms with Crippen LogP contribution in [0.1, 0.15) is 21.7 Å². The second kappa shape index (κ2) is 6.57. The molecule has 24 heavy (non-hydrogen) atoms. The molecule has 1 aromatic heterocycles. The molecule has 2 aromatic carbocycles. The van der Waals surface area contributed by atoms with Gasteiger partial charge in [-0.3, -0.25) is 4.79 Å². The number of halogens is 1. The highest BCUT2D eigenvalue weighted by Crippen LogP contribution is 2.28. The third-order valence-electron chi connectivity index (χ3n) is 3.84. The molecule has 0 aliphatic heterocycles. The zero-order chi connectivity index (χ0) is 17.3. The number of phenolic OH excluding ortho intramolecular Hbond substituents is 2. The minimum absolute atomic E-state index is 0.160. The molecule has 0 aliphatic carbocycles. The van der Waals surface area contributed by atoms with E-state index >= 15 is 0 Å². The molecule has 3 rings (SSSR count). The van der Waals surface area contributed by atoms with Crippen LogP contribution in [0, 0.1) is 6.92 Å². The molecule has 0 unspecified atom stereocenters. The number of fused-ring (bicyclic) bond motifs is 1. The number of benzene rings is 2. The second-order valence-electron chi connectivity index (χ2n) is 5.53. The van der Waals surface area contributed by atoms with Gasteiger partial charge in [-0.25, -0.2) is 0 Å². The molecule has 6 heteroatoms. The fourth-order valence-corrected chi connectivity index (χ4v) is 2.90. The molecule has 3 aromatic rings. The molecular weight excluding hydrogens is 374 g/mol. The molecule has 0 atom stereocenters. The van der Waals surface area contributed by atoms with Gasteiger partial charge < -0.3 is 19.9 Å². The van der Waals surface area contributed by atoms with E-state index in [0.29, 0.717) is 24.3 Å². The van der Waals surface area contributed by atoms with E-state index in [-0.39, 0.29) is 17.4 Å². The summed E-state index contributed by atoms with van der Waals surface area (Å²) in [5.41, 5.74) is 2.28. The summed E-state index contributed by atoms with van der Waals surface area (Å²) < 4.78 is 6.58. The number of carbonyl (C=O) groups is 1. The van der Waals surface area contributed by atoms with Crippen molar-refractivity contribution < 1.29 is 19.4 Å². The molecule has 1 amide bonds. The minimum Gasteiger partial charge on any atom is -0.504 e. The summed E-state index contributed by atoms with van der Waals surface area (Å²) in [6, 6.07) is 10.2. The summed E-state index contributed by atoms with van der Waals surface area (Å²) in [4.78, 5) is 12.3. The Kier molecular flexibility index (Phi) is 4.49. The fourth-order valence-electron chi connectivity index (χ4n) is 2.53. The van der Waals surface area contributed by atoms with Crippen LogP contribution in [-0.2, 0) is 6.42 Å². The van der Waals surface area contributed by atoms with Crippen molar-refractivity contribution in [3.05, 3.63) is 57.8 Å². The Morgan fingerprint density at radius 1 is 1.17 bits per heavy atom. The van der Waals surface area contributed by atoms with Gasteiger partial charge in [-0.05, 0) is 49.2 Å². The maximum atomic E-state index is 12.3. The summed E-state index contributed by atoms with van der Waals surface area (Å²) in [5, 5.41) is 22.5. The Balaban J connectivity index is 1.69. The summed E-state index contributed by atoms with van der Waals surface area (Å²) in [6.07, 6.45) is 0.532. The van der Waals surface area contributed by atoms with Crippen LogP contribution in [0.25, 0.3) is 11.0 Å². The van der Waals surface area contributed by atoms with Crippen molar-refractivity contribution in [3.8, 4) is 11.5 Å². The molecule has 0 bridgehead atoms. The molecule has 1 heterocycles. The van der Waals surface area contributed by atoms with E-state index in [1.165, 1.54) is 12.1 Å². The molecule has 0 aliphatic rings. The first-order valence-corrected chi connectivity index (χ1v) is 8.22. The Morgan fingerprint density at radius 2 is 1.96 bits per heavy atom. The van der Waals surface area contributed by atoms with Crippen molar-refractivity contribution in [2.75, 3.05) is 6.54 Å². The van der Waals surface area contributed by atoms with Crippen LogP contribution < -0.4 is 5.32 Å². The van der Waals surface area contributed by atoms with Gasteiger partial charge in [-0.1, -0.05) is 22.0 Å². The Labute approximate surface area is 147 Å². The standard InChI is InChI=1S/C18H16BrNO4/c1-10-13-9-12(19)3-5-16(13)24-17(10)18(23)20-7-6-11-2-4-14(21)15(22)8-11/h2-5,8-9,21-22H,6-7H2,1H3,(H,20,23). The quantitative estimate of drug-likeness (QED) is 0.591. The van der Waals surface area contributed by atoms with Crippen molar-refractivity contribution in [1.82, 2.24) is 5.32 Å². The SMILES string of the molecule is Cc1c(C(=O)NCCc2ccc(O)c(O)c2)oc2ccc(Br)cc12. The minimum atomic E-state index is -0.275. The van der Waals surface area contributed by atoms with Crippen LogP contribution in [0.5, 0.6) is 11.5 Å². The summed E-state index contributed by atoms with van der Waals surface area (Å²) in [5.74, 6) is -0.302. The maximum Gasteiger partial charge on any atom is 0.287 e. The number of aromatic hydroxyl groups is 2. The van der Waals surface area contributed by atoms with Gasteiger partial charge in [0, 0.05) is 22.0 Å². The summed E-state index contributed by atoms with van der Waals surface area (Å²) in [6.45, 7) is 2.24. The first-order valence-electron chi connectivity index (χ1n) is 7.43. The number of aryl methyl sites for hydroxylation is 1. The van der Waals surface area contributed by atoms with Crippen LogP contribution in [0.15, 0.2) is 45.3 Å². The average molecular weight is 390 g/mol. The number of hydrogen-bond donors (Lipinski definition) is 3. The molecule has 3 N–H and O–H groups in total. The van der Waals surface area contributed by atoms with Gasteiger partial charge in [0.05, 0.1) is 0 Å². The third-order valence-corrected chi connectivity index (χ3v) is 4.34. The van der Waals surface area contributed by atoms with E-state index in [2.05, 4.69) is 21.2 Å². The van der Waals surface area contributed by atoms with E-state index in [4.69, 9.17) is 4.42 Å². The monoisotopic (exact) mass is 389 g/mol. The maximum absolute atomic E-state index is 12.3. The van der Waals surface area contributed by atoms with Crippen molar-refractivity contribution in [1.29, 1.82) is 0 Å². The first kappa shape index (κ1) is 16.4. The van der Waals surface area contributed by atoms with Crippen molar-refractivity contribution in [2.24, 2.45) is 0 Å². The van der Waals surface area contributed by atoms with Gasteiger partial charge in [-0.2, -0.15) is 0 Å². The van der Waals surface area contributed by atoms with E-state index in [1.54, 1.807) is 6.07 Å². The molecule has 0 saturated carbocycles. The van der Waals surface area contributed by atoms with Crippen LogP contribution in [0.2, 0.25) is 0 Å². The number of hydrogen-bond acceptors (Lipinski definition) is 4. The number of nitrogens with one attached hydrogen (secondary N) is 1. The van der Waals surface area contributed by atoms with Gasteiger partial charge in [-0.15, -0.1) is 0 Å². The number of carbonyl (C=O) groups excluding carboxylic acids is 1. The third kappa shape index (κ3) is 3.23. The lowest BCUT2D eigenvalue weighted by molar-refractivity contribution is 0.0928. The van der Waals surface area contributed by atoms with Gasteiger partial charge in [0.1, 0.15) is 5.58 Å². The molecule has 0 spiro atoms. The predicted octanol–water partition coefficient (Wildman–Crippen LogP) is 3.89. The first-order chi connectivity index (χ1) is 11.5. The molecule has 5 nitrogen and oxygen atoms in total. The molecule has 124 valence electrons. The van der Waals surface area contributed by atoms with Gasteiger partial charge in [0.25, 0.3) is 5.91 Å². The van der Waals surface area contributed by atoms with E-state index < -0.39 is 0 Å². The summed E-state index contributed by atoms with van der Waals surface area (Å²) >= 11 is 3.41. The Hall–Kier alpha value is -2.47. The van der Waals surface area contributed by atoms with E-state index in [1.807, 2.05) is 25.1 Å². The molecule has 0 saturated heterocycles. The Morgan fingerprint density at radius 3 is 2.71 bits per heavy atom. The molecule has 0 radical (unpaired) electrons. The van der Waals surface area contributed by atoms with Crippen LogP contribution in [0.4, 0.5) is 0 Å². The Bertz CT molecular complexity index is 917. The lowest BCUT2D eigenvalue weighted by Gasteiger charge is -2.05. The highest BCUT2D eigenvalue weighted by atomic mass is 79.9. The molecule has 0 fully saturated rings. The average Bonchev–Trinajstić information content (AvgIpc) is 2.87. The van der Waals surface area contributed by atoms with E-state index in [0.717, 1.165) is 21.0 Å². The topological polar surface area (TPSA) is 82.7 Å². The second-order valence-corrected chi connectivity index (χ2v) is 6.44. The highest BCUT2D eigenvalue weighted by Gasteiger charge is 2.17. The van der Waals surface area contributed by atoms with Gasteiger partial charge in [0.15, 0.2) is 17.3 Å². The van der Waals surface area contributed by atoms with Crippen molar-refractivity contribution >= 4 is 32.8 Å². The predicted molar refractivity (Wildman–Crippen MR) is 94.5 cm³/mol. The lowest BCUT2D eigenvalue weighted by atomic mass is 10.1. The molecular formula is C18H16BrNO4. The number of furan rings is 1. The van der Waals surface area contributed by atoms with Crippen molar-refractivity contribution in [3.63, 3.8) is 0 Å². The highest BCUT2D eigenvalue weighted by molar-refractivity contribution is 9.10. The van der Waals surface area contributed by atoms with Gasteiger partial charge >= 0.3 is 0 Å². The lowest BCUT2D eigenvalue weighted by Crippen LogP contribution is -2.25. The number of rotatable bonds is 4. The normalized spacial score (nSPS) is 10.9.